The van der Waals surface area contributed by atoms with E-state index in [1.807, 2.05) is 12.1 Å². The smallest absolute Gasteiger partial charge is 0.217 e. The number of carbonyl (C=O) groups excluding carboxylic acids is 1. The first kappa shape index (κ1) is 14.8. The molecule has 6 heteroatoms. The Morgan fingerprint density at radius 2 is 2.09 bits per heavy atom. The number of unbranched alkanes of at least 4 members (excludes halogenated alkanes) is 1. The van der Waals surface area contributed by atoms with Crippen molar-refractivity contribution in [3.05, 3.63) is 35.9 Å². The van der Waals surface area contributed by atoms with Gasteiger partial charge in [-0.2, -0.15) is 0 Å². The molecule has 0 aliphatic carbocycles. The Morgan fingerprint density at radius 3 is 2.91 bits per heavy atom. The molecule has 22 heavy (non-hydrogen) atoms. The van der Waals surface area contributed by atoms with Crippen LogP contribution in [-0.4, -0.2) is 26.3 Å². The summed E-state index contributed by atoms with van der Waals surface area (Å²) in [5, 5.41) is 10.7. The third-order valence-electron chi connectivity index (χ3n) is 3.62. The third kappa shape index (κ3) is 2.92. The molecule has 0 fully saturated rings. The van der Waals surface area contributed by atoms with Crippen molar-refractivity contribution in [1.82, 2.24) is 14.6 Å². The highest BCUT2D eigenvalue weighted by Crippen LogP contribution is 2.26. The molecule has 0 aliphatic heterocycles. The van der Waals surface area contributed by atoms with Gasteiger partial charge in [-0.05, 0) is 37.5 Å². The van der Waals surface area contributed by atoms with Crippen molar-refractivity contribution in [2.75, 3.05) is 5.75 Å². The predicted octanol–water partition coefficient (Wildman–Crippen LogP) is 2.94. The van der Waals surface area contributed by atoms with Gasteiger partial charge in [0, 0.05) is 17.6 Å². The molecule has 0 spiro atoms. The minimum Gasteiger partial charge on any atom is -0.370 e. The number of aryl methyl sites for hydroxylation is 1. The summed E-state index contributed by atoms with van der Waals surface area (Å²) in [6, 6.07) is 10.3. The zero-order chi connectivity index (χ0) is 15.5. The second-order valence-electron chi connectivity index (χ2n) is 5.29. The maximum Gasteiger partial charge on any atom is 0.217 e. The van der Waals surface area contributed by atoms with Crippen LogP contribution < -0.4 is 5.73 Å². The molecule has 3 aromatic rings. The molecule has 2 heterocycles. The van der Waals surface area contributed by atoms with Gasteiger partial charge < -0.3 is 5.73 Å². The van der Waals surface area contributed by atoms with Gasteiger partial charge in [-0.15, -0.1) is 10.2 Å². The number of fused-ring (bicyclic) bond motifs is 3. The molecular weight excluding hydrogens is 296 g/mol. The summed E-state index contributed by atoms with van der Waals surface area (Å²) in [6.45, 7) is 2.09. The van der Waals surface area contributed by atoms with E-state index in [1.165, 1.54) is 10.9 Å². The molecule has 0 saturated heterocycles. The van der Waals surface area contributed by atoms with E-state index in [0.29, 0.717) is 6.42 Å². The van der Waals surface area contributed by atoms with Crippen molar-refractivity contribution in [2.45, 2.75) is 31.3 Å². The van der Waals surface area contributed by atoms with Crippen LogP contribution in [0.25, 0.3) is 16.6 Å². The van der Waals surface area contributed by atoms with E-state index in [2.05, 4.69) is 39.7 Å². The number of pyridine rings is 1. The average Bonchev–Trinajstić information content (AvgIpc) is 2.90. The fraction of sp³-hybridized carbons (Fsp3) is 0.312. The Morgan fingerprint density at radius 1 is 1.27 bits per heavy atom. The largest absolute Gasteiger partial charge is 0.370 e. The molecular formula is C16H18N4OS. The lowest BCUT2D eigenvalue weighted by Crippen LogP contribution is -2.09. The Bertz CT molecular complexity index is 827. The average molecular weight is 314 g/mol. The standard InChI is InChI=1S/C16H18N4OS/c1-11-10-15-18-19-16(22-9-5-4-8-14(17)21)20(15)13-7-3-2-6-12(11)13/h2-3,6-7,10H,4-5,8-9H2,1H3,(H2,17,21). The summed E-state index contributed by atoms with van der Waals surface area (Å²) in [5.41, 5.74) is 8.35. The SMILES string of the molecule is Cc1cc2nnc(SCCCCC(N)=O)n2c2ccccc12. The fourth-order valence-corrected chi connectivity index (χ4v) is 3.48. The Kier molecular flexibility index (Phi) is 4.29. The van der Waals surface area contributed by atoms with E-state index in [-0.39, 0.29) is 5.91 Å². The van der Waals surface area contributed by atoms with E-state index >= 15 is 0 Å². The van der Waals surface area contributed by atoms with Gasteiger partial charge in [-0.25, -0.2) is 0 Å². The summed E-state index contributed by atoms with van der Waals surface area (Å²) in [4.78, 5) is 10.7. The lowest BCUT2D eigenvalue weighted by molar-refractivity contribution is -0.118. The molecule has 0 aliphatic rings. The van der Waals surface area contributed by atoms with Crippen LogP contribution in [0.4, 0.5) is 0 Å². The number of benzene rings is 1. The molecule has 114 valence electrons. The first-order valence-electron chi connectivity index (χ1n) is 7.31. The minimum absolute atomic E-state index is 0.237. The topological polar surface area (TPSA) is 73.3 Å². The zero-order valence-corrected chi connectivity index (χ0v) is 13.3. The number of para-hydroxylation sites is 1. The molecule has 0 radical (unpaired) electrons. The van der Waals surface area contributed by atoms with E-state index in [4.69, 9.17) is 5.73 Å². The van der Waals surface area contributed by atoms with Crippen LogP contribution in [0.15, 0.2) is 35.5 Å². The van der Waals surface area contributed by atoms with Gasteiger partial charge in [-0.3, -0.25) is 9.20 Å². The second-order valence-corrected chi connectivity index (χ2v) is 6.35. The number of aromatic nitrogens is 3. The van der Waals surface area contributed by atoms with Crippen LogP contribution >= 0.6 is 11.8 Å². The summed E-state index contributed by atoms with van der Waals surface area (Å²) >= 11 is 1.67. The van der Waals surface area contributed by atoms with Crippen LogP contribution in [0.5, 0.6) is 0 Å². The Balaban J connectivity index is 1.85. The van der Waals surface area contributed by atoms with Gasteiger partial charge in [-0.1, -0.05) is 30.0 Å². The van der Waals surface area contributed by atoms with E-state index in [1.54, 1.807) is 11.8 Å². The highest BCUT2D eigenvalue weighted by Gasteiger charge is 2.11. The summed E-state index contributed by atoms with van der Waals surface area (Å²) < 4.78 is 2.10. The summed E-state index contributed by atoms with van der Waals surface area (Å²) in [5.74, 6) is 0.662. The normalized spacial score (nSPS) is 11.3. The van der Waals surface area contributed by atoms with Crippen LogP contribution in [0.1, 0.15) is 24.8 Å². The predicted molar refractivity (Wildman–Crippen MR) is 89.0 cm³/mol. The van der Waals surface area contributed by atoms with E-state index in [0.717, 1.165) is 34.9 Å². The molecule has 1 aromatic carbocycles. The van der Waals surface area contributed by atoms with Crippen molar-refractivity contribution < 1.29 is 4.79 Å². The van der Waals surface area contributed by atoms with Crippen molar-refractivity contribution >= 4 is 34.2 Å². The van der Waals surface area contributed by atoms with Crippen LogP contribution in [-0.2, 0) is 4.79 Å². The van der Waals surface area contributed by atoms with E-state index in [9.17, 15) is 4.79 Å². The van der Waals surface area contributed by atoms with Crippen molar-refractivity contribution in [3.63, 3.8) is 0 Å². The van der Waals surface area contributed by atoms with Gasteiger partial charge in [0.2, 0.25) is 5.91 Å². The lowest BCUT2D eigenvalue weighted by atomic mass is 10.1. The maximum atomic E-state index is 10.7. The van der Waals surface area contributed by atoms with Crippen molar-refractivity contribution in [3.8, 4) is 0 Å². The zero-order valence-electron chi connectivity index (χ0n) is 12.5. The first-order chi connectivity index (χ1) is 10.7. The van der Waals surface area contributed by atoms with Gasteiger partial charge in [0.05, 0.1) is 5.52 Å². The lowest BCUT2D eigenvalue weighted by Gasteiger charge is -2.07. The second kappa shape index (κ2) is 6.36. The van der Waals surface area contributed by atoms with Gasteiger partial charge in [0.1, 0.15) is 0 Å². The number of amides is 1. The number of hydrogen-bond donors (Lipinski definition) is 1. The summed E-state index contributed by atoms with van der Waals surface area (Å²) in [7, 11) is 0. The number of primary amides is 1. The molecule has 3 rings (SSSR count). The molecule has 1 amide bonds. The summed E-state index contributed by atoms with van der Waals surface area (Å²) in [6.07, 6.45) is 2.20. The third-order valence-corrected chi connectivity index (χ3v) is 4.64. The van der Waals surface area contributed by atoms with E-state index < -0.39 is 0 Å². The molecule has 0 bridgehead atoms. The van der Waals surface area contributed by atoms with Crippen molar-refractivity contribution in [2.24, 2.45) is 5.73 Å². The van der Waals surface area contributed by atoms with Gasteiger partial charge in [0.15, 0.2) is 10.8 Å². The molecule has 2 aromatic heterocycles. The minimum atomic E-state index is -0.237. The first-order valence-corrected chi connectivity index (χ1v) is 8.30. The van der Waals surface area contributed by atoms with Gasteiger partial charge >= 0.3 is 0 Å². The Labute approximate surface area is 132 Å². The molecule has 0 unspecified atom stereocenters. The number of hydrogen-bond acceptors (Lipinski definition) is 4. The van der Waals surface area contributed by atoms with Crippen molar-refractivity contribution in [1.29, 1.82) is 0 Å². The van der Waals surface area contributed by atoms with Crippen LogP contribution in [0, 0.1) is 6.92 Å². The number of thioether (sulfide) groups is 1. The Hall–Kier alpha value is -2.08. The number of rotatable bonds is 6. The highest BCUT2D eigenvalue weighted by atomic mass is 32.2. The number of nitrogens with two attached hydrogens (primary N) is 1. The number of nitrogens with zero attached hydrogens (tertiary/aromatic N) is 3. The monoisotopic (exact) mass is 314 g/mol. The van der Waals surface area contributed by atoms with Crippen LogP contribution in [0.3, 0.4) is 0 Å². The fourth-order valence-electron chi connectivity index (χ4n) is 2.53. The highest BCUT2D eigenvalue weighted by molar-refractivity contribution is 7.99. The van der Waals surface area contributed by atoms with Crippen LogP contribution in [0.2, 0.25) is 0 Å². The molecule has 2 N–H and O–H groups in total. The van der Waals surface area contributed by atoms with Gasteiger partial charge in [0.25, 0.3) is 0 Å². The number of carbonyl (C=O) groups is 1. The molecule has 5 nitrogen and oxygen atoms in total. The maximum absolute atomic E-state index is 10.7. The molecule has 0 atom stereocenters. The molecule has 0 saturated carbocycles. The quantitative estimate of drug-likeness (QED) is 0.561.